The van der Waals surface area contributed by atoms with Gasteiger partial charge in [-0.1, -0.05) is 41.9 Å². The molecule has 1 unspecified atom stereocenters. The highest BCUT2D eigenvalue weighted by Gasteiger charge is 2.30. The number of halogens is 1. The van der Waals surface area contributed by atoms with E-state index in [1.54, 1.807) is 24.3 Å². The first-order valence-electron chi connectivity index (χ1n) is 8.00. The fourth-order valence-corrected chi connectivity index (χ4v) is 3.31. The number of benzene rings is 2. The smallest absolute Gasteiger partial charge is 0.252 e. The van der Waals surface area contributed by atoms with Crippen LogP contribution >= 0.6 is 11.6 Å². The number of carbonyl (C=O) groups excluding carboxylic acids is 2. The molecule has 1 N–H and O–H groups in total. The minimum absolute atomic E-state index is 0.0203. The summed E-state index contributed by atoms with van der Waals surface area (Å²) in [5, 5.41) is 3.17. The molecular weight excluding hydrogens is 324 g/mol. The molecular formula is C19H19ClN2O2. The van der Waals surface area contributed by atoms with E-state index >= 15 is 0 Å². The van der Waals surface area contributed by atoms with E-state index in [9.17, 15) is 9.59 Å². The predicted molar refractivity (Wildman–Crippen MR) is 95.5 cm³/mol. The molecule has 0 saturated carbocycles. The molecule has 0 aromatic heterocycles. The Morgan fingerprint density at radius 3 is 2.67 bits per heavy atom. The van der Waals surface area contributed by atoms with Crippen LogP contribution in [0.2, 0.25) is 5.02 Å². The van der Waals surface area contributed by atoms with Crippen molar-refractivity contribution in [2.24, 2.45) is 0 Å². The molecule has 0 bridgehead atoms. The Bertz CT molecular complexity index is 775. The van der Waals surface area contributed by atoms with Crippen LogP contribution < -0.4 is 10.2 Å². The monoisotopic (exact) mass is 342 g/mol. The highest BCUT2D eigenvalue weighted by atomic mass is 35.5. The molecule has 1 atom stereocenters. The van der Waals surface area contributed by atoms with Gasteiger partial charge in [0.2, 0.25) is 5.91 Å². The number of nitrogens with zero attached hydrogens (tertiary/aromatic N) is 1. The van der Waals surface area contributed by atoms with Gasteiger partial charge >= 0.3 is 0 Å². The summed E-state index contributed by atoms with van der Waals surface area (Å²) in [6, 6.07) is 15.0. The predicted octanol–water partition coefficient (Wildman–Crippen LogP) is 3.44. The third-order valence-corrected chi connectivity index (χ3v) is 4.55. The van der Waals surface area contributed by atoms with Crippen LogP contribution in [0.25, 0.3) is 0 Å². The molecule has 1 aliphatic rings. The van der Waals surface area contributed by atoms with E-state index in [2.05, 4.69) is 11.4 Å². The summed E-state index contributed by atoms with van der Waals surface area (Å²) < 4.78 is 0. The van der Waals surface area contributed by atoms with Gasteiger partial charge < -0.3 is 10.2 Å². The number of carbonyl (C=O) groups is 2. The molecule has 5 heteroatoms. The topological polar surface area (TPSA) is 49.4 Å². The second kappa shape index (κ2) is 7.05. The van der Waals surface area contributed by atoms with E-state index in [0.29, 0.717) is 10.6 Å². The Labute approximate surface area is 146 Å². The summed E-state index contributed by atoms with van der Waals surface area (Å²) in [4.78, 5) is 26.5. The van der Waals surface area contributed by atoms with Crippen LogP contribution in [0.15, 0.2) is 48.5 Å². The first kappa shape index (κ1) is 16.5. The van der Waals surface area contributed by atoms with Crippen molar-refractivity contribution in [2.45, 2.75) is 25.8 Å². The van der Waals surface area contributed by atoms with Crippen LogP contribution in [-0.4, -0.2) is 24.4 Å². The van der Waals surface area contributed by atoms with E-state index < -0.39 is 0 Å². The minimum Gasteiger partial charge on any atom is -0.351 e. The number of nitrogens with one attached hydrogen (secondary N) is 1. The Morgan fingerprint density at radius 2 is 1.88 bits per heavy atom. The van der Waals surface area contributed by atoms with Crippen molar-refractivity contribution in [1.82, 2.24) is 5.32 Å². The maximum atomic E-state index is 12.6. The zero-order chi connectivity index (χ0) is 17.1. The van der Waals surface area contributed by atoms with Crippen LogP contribution in [-0.2, 0) is 11.2 Å². The molecule has 0 aliphatic carbocycles. The van der Waals surface area contributed by atoms with Gasteiger partial charge in [0.25, 0.3) is 5.91 Å². The van der Waals surface area contributed by atoms with Crippen molar-refractivity contribution in [3.05, 3.63) is 64.7 Å². The van der Waals surface area contributed by atoms with Crippen molar-refractivity contribution < 1.29 is 9.59 Å². The first-order valence-corrected chi connectivity index (χ1v) is 8.38. The Balaban J connectivity index is 1.59. The molecule has 124 valence electrons. The first-order chi connectivity index (χ1) is 11.6. The Hall–Kier alpha value is -2.33. The van der Waals surface area contributed by atoms with E-state index in [-0.39, 0.29) is 30.8 Å². The third kappa shape index (κ3) is 3.29. The molecule has 4 nitrogen and oxygen atoms in total. The number of rotatable bonds is 4. The lowest BCUT2D eigenvalue weighted by Gasteiger charge is -2.22. The summed E-state index contributed by atoms with van der Waals surface area (Å²) in [5.74, 6) is -0.241. The number of fused-ring (bicyclic) bond motifs is 1. The summed E-state index contributed by atoms with van der Waals surface area (Å²) in [6.07, 6.45) is 1.13. The summed E-state index contributed by atoms with van der Waals surface area (Å²) in [5.41, 5.74) is 2.59. The standard InChI is InChI=1S/C19H19ClN2O2/c1-13-12-14-6-2-5-9-17(14)22(13)18(23)10-11-21-19(24)15-7-3-4-8-16(15)20/h2-9,13H,10-12H2,1H3,(H,21,24). The van der Waals surface area contributed by atoms with Crippen molar-refractivity contribution in [2.75, 3.05) is 11.4 Å². The van der Waals surface area contributed by atoms with Gasteiger partial charge in [-0.05, 0) is 37.1 Å². The van der Waals surface area contributed by atoms with Crippen molar-refractivity contribution in [1.29, 1.82) is 0 Å². The number of para-hydroxylation sites is 1. The lowest BCUT2D eigenvalue weighted by Crippen LogP contribution is -2.38. The van der Waals surface area contributed by atoms with Crippen LogP contribution in [0.5, 0.6) is 0 Å². The molecule has 2 amide bonds. The van der Waals surface area contributed by atoms with E-state index in [1.807, 2.05) is 30.0 Å². The molecule has 0 fully saturated rings. The second-order valence-electron chi connectivity index (χ2n) is 5.93. The summed E-state index contributed by atoms with van der Waals surface area (Å²) in [7, 11) is 0. The molecule has 2 aromatic carbocycles. The molecule has 3 rings (SSSR count). The van der Waals surface area contributed by atoms with Crippen molar-refractivity contribution in [3.8, 4) is 0 Å². The minimum atomic E-state index is -0.261. The third-order valence-electron chi connectivity index (χ3n) is 4.22. The molecule has 2 aromatic rings. The number of hydrogen-bond donors (Lipinski definition) is 1. The fourth-order valence-electron chi connectivity index (χ4n) is 3.09. The van der Waals surface area contributed by atoms with Gasteiger partial charge in [0.05, 0.1) is 10.6 Å². The molecule has 1 heterocycles. The van der Waals surface area contributed by atoms with E-state index in [4.69, 9.17) is 11.6 Å². The van der Waals surface area contributed by atoms with Crippen LogP contribution in [0.1, 0.15) is 29.3 Å². The van der Waals surface area contributed by atoms with Gasteiger partial charge in [0.1, 0.15) is 0 Å². The van der Waals surface area contributed by atoms with E-state index in [0.717, 1.165) is 12.1 Å². The SMILES string of the molecule is CC1Cc2ccccc2N1C(=O)CCNC(=O)c1ccccc1Cl. The van der Waals surface area contributed by atoms with Crippen LogP contribution in [0.4, 0.5) is 5.69 Å². The highest BCUT2D eigenvalue weighted by molar-refractivity contribution is 6.33. The summed E-state index contributed by atoms with van der Waals surface area (Å²) in [6.45, 7) is 2.33. The Kier molecular flexibility index (Phi) is 4.86. The molecule has 24 heavy (non-hydrogen) atoms. The van der Waals surface area contributed by atoms with Crippen LogP contribution in [0.3, 0.4) is 0 Å². The van der Waals surface area contributed by atoms with Gasteiger partial charge in [-0.15, -0.1) is 0 Å². The molecule has 0 spiro atoms. The largest absolute Gasteiger partial charge is 0.351 e. The van der Waals surface area contributed by atoms with Gasteiger partial charge in [-0.25, -0.2) is 0 Å². The maximum Gasteiger partial charge on any atom is 0.252 e. The maximum absolute atomic E-state index is 12.6. The van der Waals surface area contributed by atoms with Crippen molar-refractivity contribution >= 4 is 29.1 Å². The van der Waals surface area contributed by atoms with E-state index in [1.165, 1.54) is 5.56 Å². The zero-order valence-corrected chi connectivity index (χ0v) is 14.2. The van der Waals surface area contributed by atoms with Gasteiger partial charge in [-0.3, -0.25) is 9.59 Å². The zero-order valence-electron chi connectivity index (χ0n) is 13.5. The summed E-state index contributed by atoms with van der Waals surface area (Å²) >= 11 is 6.00. The molecule has 0 radical (unpaired) electrons. The molecule has 1 aliphatic heterocycles. The van der Waals surface area contributed by atoms with Gasteiger partial charge in [0.15, 0.2) is 0 Å². The average molecular weight is 343 g/mol. The number of hydrogen-bond acceptors (Lipinski definition) is 2. The van der Waals surface area contributed by atoms with Gasteiger partial charge in [0, 0.05) is 24.7 Å². The lowest BCUT2D eigenvalue weighted by atomic mass is 10.1. The normalized spacial score (nSPS) is 15.9. The average Bonchev–Trinajstić information content (AvgIpc) is 2.90. The van der Waals surface area contributed by atoms with Gasteiger partial charge in [-0.2, -0.15) is 0 Å². The highest BCUT2D eigenvalue weighted by Crippen LogP contribution is 2.32. The molecule has 0 saturated heterocycles. The number of amides is 2. The van der Waals surface area contributed by atoms with Crippen molar-refractivity contribution in [3.63, 3.8) is 0 Å². The number of anilines is 1. The fraction of sp³-hybridized carbons (Fsp3) is 0.263. The Morgan fingerprint density at radius 1 is 1.17 bits per heavy atom. The van der Waals surface area contributed by atoms with Crippen LogP contribution in [0, 0.1) is 0 Å². The second-order valence-corrected chi connectivity index (χ2v) is 6.34. The quantitative estimate of drug-likeness (QED) is 0.925. The lowest BCUT2D eigenvalue weighted by molar-refractivity contribution is -0.118.